The largest absolute Gasteiger partial charge is 0.0654 e. The smallest absolute Gasteiger partial charge is 0.0414 e. The first kappa shape index (κ1) is 36.0. The molecule has 0 N–H and O–H groups in total. The normalized spacial score (nSPS) is 12.4. The first-order valence-corrected chi connectivity index (χ1v) is 17.6. The van der Waals surface area contributed by atoms with Crippen molar-refractivity contribution >= 4 is 0 Å². The van der Waals surface area contributed by atoms with Crippen molar-refractivity contribution in [3.05, 3.63) is 6.92 Å². The fourth-order valence-electron chi connectivity index (χ4n) is 5.94. The van der Waals surface area contributed by atoms with Gasteiger partial charge in [0.2, 0.25) is 0 Å². The molecule has 1 atom stereocenters. The summed E-state index contributed by atoms with van der Waals surface area (Å²) in [5.74, 6) is 1.02. The van der Waals surface area contributed by atoms with E-state index >= 15 is 0 Å². The predicted octanol–water partition coefficient (Wildman–Crippen LogP) is 14.0. The molecular formula is C36H73. The molecule has 36 heavy (non-hydrogen) atoms. The van der Waals surface area contributed by atoms with Crippen molar-refractivity contribution in [1.29, 1.82) is 0 Å². The number of hydrogen-bond donors (Lipinski definition) is 0. The topological polar surface area (TPSA) is 0 Å². The highest BCUT2D eigenvalue weighted by atomic mass is 14.1. The van der Waals surface area contributed by atoms with Gasteiger partial charge in [-0.15, -0.1) is 0 Å². The van der Waals surface area contributed by atoms with Crippen LogP contribution in [0.2, 0.25) is 0 Å². The van der Waals surface area contributed by atoms with E-state index in [1.54, 1.807) is 0 Å². The lowest BCUT2D eigenvalue weighted by atomic mass is 9.89. The third kappa shape index (κ3) is 30.2. The molecule has 1 unspecified atom stereocenters. The van der Waals surface area contributed by atoms with Crippen LogP contribution in [0.3, 0.4) is 0 Å². The summed E-state index contributed by atoms with van der Waals surface area (Å²) in [7, 11) is 0. The van der Waals surface area contributed by atoms with Crippen molar-refractivity contribution in [2.24, 2.45) is 5.92 Å². The van der Waals surface area contributed by atoms with Crippen molar-refractivity contribution in [1.82, 2.24) is 0 Å². The van der Waals surface area contributed by atoms with Gasteiger partial charge in [0, 0.05) is 0 Å². The highest BCUT2D eigenvalue weighted by Gasteiger charge is 2.08. The van der Waals surface area contributed by atoms with Gasteiger partial charge < -0.3 is 0 Å². The molecule has 1 radical (unpaired) electrons. The van der Waals surface area contributed by atoms with Gasteiger partial charge in [-0.1, -0.05) is 226 Å². The maximum Gasteiger partial charge on any atom is -0.0414 e. The quantitative estimate of drug-likeness (QED) is 0.0797. The van der Waals surface area contributed by atoms with Crippen molar-refractivity contribution in [3.63, 3.8) is 0 Å². The van der Waals surface area contributed by atoms with E-state index in [1.807, 2.05) is 0 Å². The second-order valence-electron chi connectivity index (χ2n) is 12.3. The van der Waals surface area contributed by atoms with Gasteiger partial charge in [0.15, 0.2) is 0 Å². The van der Waals surface area contributed by atoms with Gasteiger partial charge in [0.1, 0.15) is 0 Å². The first-order chi connectivity index (χ1) is 17.8. The summed E-state index contributed by atoms with van der Waals surface area (Å²) in [4.78, 5) is 0. The van der Waals surface area contributed by atoms with E-state index in [9.17, 15) is 0 Å². The van der Waals surface area contributed by atoms with Crippen LogP contribution in [0.4, 0.5) is 0 Å². The second kappa shape index (κ2) is 33.0. The van der Waals surface area contributed by atoms with Gasteiger partial charge in [-0.2, -0.15) is 0 Å². The Hall–Kier alpha value is 0. The maximum absolute atomic E-state index is 4.01. The SMILES string of the molecule is [CH2]CCCCCCC(CCCCCCCCCC)CCCCCCCCCCCCCCCCCC. The van der Waals surface area contributed by atoms with E-state index in [0.29, 0.717) is 0 Å². The molecule has 217 valence electrons. The highest BCUT2D eigenvalue weighted by Crippen LogP contribution is 2.25. The Labute approximate surface area is 232 Å². The number of unbranched alkanes of at least 4 members (excludes halogenated alkanes) is 26. The molecule has 0 fully saturated rings. The lowest BCUT2D eigenvalue weighted by molar-refractivity contribution is 0.365. The highest BCUT2D eigenvalue weighted by molar-refractivity contribution is 4.62. The van der Waals surface area contributed by atoms with Crippen LogP contribution in [-0.2, 0) is 0 Å². The Kier molecular flexibility index (Phi) is 33.0. The fourth-order valence-corrected chi connectivity index (χ4v) is 5.94. The third-order valence-electron chi connectivity index (χ3n) is 8.54. The Bertz CT molecular complexity index is 359. The van der Waals surface area contributed by atoms with E-state index in [2.05, 4.69) is 20.8 Å². The minimum Gasteiger partial charge on any atom is -0.0654 e. The monoisotopic (exact) mass is 506 g/mol. The summed E-state index contributed by atoms with van der Waals surface area (Å²) in [6.45, 7) is 8.63. The Morgan fingerprint density at radius 2 is 0.528 bits per heavy atom. The molecular weight excluding hydrogens is 432 g/mol. The molecule has 0 aromatic heterocycles. The number of rotatable bonds is 32. The lowest BCUT2D eigenvalue weighted by Crippen LogP contribution is -2.01. The Morgan fingerprint density at radius 3 is 0.778 bits per heavy atom. The molecule has 0 heteroatoms. The molecule has 0 aliphatic carbocycles. The van der Waals surface area contributed by atoms with Gasteiger partial charge in [-0.3, -0.25) is 0 Å². The van der Waals surface area contributed by atoms with E-state index in [1.165, 1.54) is 199 Å². The summed E-state index contributed by atoms with van der Waals surface area (Å²) >= 11 is 0. The van der Waals surface area contributed by atoms with Crippen LogP contribution in [0, 0.1) is 12.8 Å². The zero-order valence-electron chi connectivity index (χ0n) is 25.9. The van der Waals surface area contributed by atoms with Crippen LogP contribution < -0.4 is 0 Å². The van der Waals surface area contributed by atoms with Gasteiger partial charge in [-0.05, 0) is 5.92 Å². The van der Waals surface area contributed by atoms with Gasteiger partial charge in [-0.25, -0.2) is 0 Å². The van der Waals surface area contributed by atoms with Gasteiger partial charge in [0.25, 0.3) is 0 Å². The Balaban J connectivity index is 3.63. The second-order valence-corrected chi connectivity index (χ2v) is 12.3. The first-order valence-electron chi connectivity index (χ1n) is 17.6. The number of hydrogen-bond acceptors (Lipinski definition) is 0. The molecule has 0 rings (SSSR count). The van der Waals surface area contributed by atoms with E-state index < -0.39 is 0 Å². The molecule has 0 aliphatic heterocycles. The molecule has 0 heterocycles. The molecule has 0 nitrogen and oxygen atoms in total. The van der Waals surface area contributed by atoms with Gasteiger partial charge >= 0.3 is 0 Å². The van der Waals surface area contributed by atoms with Crippen LogP contribution in [0.25, 0.3) is 0 Å². The van der Waals surface area contributed by atoms with Crippen LogP contribution >= 0.6 is 0 Å². The molecule has 0 aliphatic rings. The summed E-state index contributed by atoms with van der Waals surface area (Å²) in [5, 5.41) is 0. The van der Waals surface area contributed by atoms with E-state index in [-0.39, 0.29) is 0 Å². The lowest BCUT2D eigenvalue weighted by Gasteiger charge is -2.17. The molecule has 0 spiro atoms. The van der Waals surface area contributed by atoms with Crippen LogP contribution in [0.1, 0.15) is 219 Å². The minimum absolute atomic E-state index is 1.02. The minimum atomic E-state index is 1.02. The molecule has 0 amide bonds. The predicted molar refractivity (Wildman–Crippen MR) is 168 cm³/mol. The summed E-state index contributed by atoms with van der Waals surface area (Å²) in [5.41, 5.74) is 0. The zero-order valence-corrected chi connectivity index (χ0v) is 25.9. The van der Waals surface area contributed by atoms with Crippen molar-refractivity contribution in [2.45, 2.75) is 219 Å². The van der Waals surface area contributed by atoms with Crippen LogP contribution in [-0.4, -0.2) is 0 Å². The molecule has 0 aromatic rings. The fraction of sp³-hybridized carbons (Fsp3) is 0.972. The molecule has 0 bridgehead atoms. The molecule has 0 saturated heterocycles. The summed E-state index contributed by atoms with van der Waals surface area (Å²) in [6, 6.07) is 0. The summed E-state index contributed by atoms with van der Waals surface area (Å²) < 4.78 is 0. The van der Waals surface area contributed by atoms with Gasteiger partial charge in [0.05, 0.1) is 0 Å². The Morgan fingerprint density at radius 1 is 0.306 bits per heavy atom. The average Bonchev–Trinajstić information content (AvgIpc) is 2.89. The van der Waals surface area contributed by atoms with Crippen LogP contribution in [0.5, 0.6) is 0 Å². The van der Waals surface area contributed by atoms with Crippen molar-refractivity contribution in [2.75, 3.05) is 0 Å². The maximum atomic E-state index is 4.01. The molecule has 0 saturated carbocycles. The summed E-state index contributed by atoms with van der Waals surface area (Å²) in [6.07, 6.45) is 46.7. The van der Waals surface area contributed by atoms with E-state index in [4.69, 9.17) is 0 Å². The van der Waals surface area contributed by atoms with Crippen molar-refractivity contribution in [3.8, 4) is 0 Å². The van der Waals surface area contributed by atoms with E-state index in [0.717, 1.165) is 12.3 Å². The van der Waals surface area contributed by atoms with Crippen molar-refractivity contribution < 1.29 is 0 Å². The van der Waals surface area contributed by atoms with Crippen LogP contribution in [0.15, 0.2) is 0 Å². The molecule has 0 aromatic carbocycles. The third-order valence-corrected chi connectivity index (χ3v) is 8.54. The standard InChI is InChI=1S/C36H73/c1-4-7-10-13-15-17-18-19-20-21-22-23-24-26-29-32-35-36(33-30-27-12-9-6-3)34-31-28-25-16-14-11-8-5-2/h36H,3-35H2,1-2H3. The zero-order chi connectivity index (χ0) is 26.2. The average molecular weight is 506 g/mol.